The number of nitrogens with zero attached hydrogens (tertiary/aromatic N) is 1. The Bertz CT molecular complexity index is 763. The molecule has 1 aliphatic rings. The highest BCUT2D eigenvalue weighted by molar-refractivity contribution is 6.30. The first-order valence-electron chi connectivity index (χ1n) is 8.13. The molecule has 0 spiro atoms. The Balaban J connectivity index is 1.64. The molecule has 25 heavy (non-hydrogen) atoms. The van der Waals surface area contributed by atoms with Gasteiger partial charge < -0.3 is 19.8 Å². The second-order valence-corrected chi connectivity index (χ2v) is 6.67. The molecule has 1 amide bonds. The number of ether oxygens (including phenoxy) is 1. The fourth-order valence-electron chi connectivity index (χ4n) is 2.91. The molecule has 2 aromatic carbocycles. The number of aliphatic hydroxyl groups excluding tert-OH is 1. The minimum absolute atomic E-state index is 0.0426. The van der Waals surface area contributed by atoms with Crippen LogP contribution in [0.15, 0.2) is 42.5 Å². The number of benzene rings is 2. The van der Waals surface area contributed by atoms with Crippen molar-refractivity contribution < 1.29 is 19.7 Å². The van der Waals surface area contributed by atoms with Gasteiger partial charge in [0.15, 0.2) is 0 Å². The van der Waals surface area contributed by atoms with E-state index in [2.05, 4.69) is 0 Å². The number of amides is 1. The molecule has 0 bridgehead atoms. The molecule has 2 N–H and O–H groups in total. The lowest BCUT2D eigenvalue weighted by Gasteiger charge is -2.36. The van der Waals surface area contributed by atoms with E-state index in [1.807, 2.05) is 6.92 Å². The summed E-state index contributed by atoms with van der Waals surface area (Å²) in [5, 5.41) is 21.0. The number of phenolic OH excluding ortho intramolecular Hbond substituents is 1. The van der Waals surface area contributed by atoms with Gasteiger partial charge in [0.25, 0.3) is 5.91 Å². The van der Waals surface area contributed by atoms with Crippen molar-refractivity contribution in [1.29, 1.82) is 0 Å². The van der Waals surface area contributed by atoms with Gasteiger partial charge in [0.1, 0.15) is 23.7 Å². The lowest BCUT2D eigenvalue weighted by Crippen LogP contribution is -2.51. The maximum absolute atomic E-state index is 12.6. The number of phenols is 1. The second-order valence-electron chi connectivity index (χ2n) is 6.24. The zero-order chi connectivity index (χ0) is 18.0. The standard InChI is InChI=1S/C19H20ClNO4/c1-12-2-7-15(16(22)10-12)19(24)21-9-8-18(17(23)11-21)25-14-5-3-13(20)4-6-14/h2-7,10,17-18,22-23H,8-9,11H2,1H3/t17-,18-/m1/s1. The van der Waals surface area contributed by atoms with Crippen LogP contribution in [0.25, 0.3) is 0 Å². The first kappa shape index (κ1) is 17.6. The zero-order valence-corrected chi connectivity index (χ0v) is 14.6. The van der Waals surface area contributed by atoms with Gasteiger partial charge in [-0.15, -0.1) is 0 Å². The number of carbonyl (C=O) groups is 1. The normalized spacial score (nSPS) is 20.4. The van der Waals surface area contributed by atoms with Crippen molar-refractivity contribution in [3.05, 3.63) is 58.6 Å². The van der Waals surface area contributed by atoms with Crippen LogP contribution in [-0.2, 0) is 0 Å². The summed E-state index contributed by atoms with van der Waals surface area (Å²) in [6.07, 6.45) is -0.694. The molecule has 2 atom stereocenters. The predicted octanol–water partition coefficient (Wildman–Crippen LogP) is 3.01. The molecule has 0 aliphatic carbocycles. The third kappa shape index (κ3) is 4.06. The number of β-amino-alcohol motifs (C(OH)–C–C–N with tert-alkyl or cyclic N) is 1. The van der Waals surface area contributed by atoms with E-state index in [9.17, 15) is 15.0 Å². The molecule has 2 aromatic rings. The van der Waals surface area contributed by atoms with Crippen LogP contribution in [0, 0.1) is 6.92 Å². The quantitative estimate of drug-likeness (QED) is 0.881. The average molecular weight is 362 g/mol. The Morgan fingerprint density at radius 2 is 1.96 bits per heavy atom. The van der Waals surface area contributed by atoms with Gasteiger partial charge in [-0.05, 0) is 48.9 Å². The second kappa shape index (κ2) is 7.33. The maximum atomic E-state index is 12.6. The van der Waals surface area contributed by atoms with Gasteiger partial charge in [0.05, 0.1) is 12.1 Å². The number of aryl methyl sites for hydroxylation is 1. The van der Waals surface area contributed by atoms with Crippen molar-refractivity contribution in [2.75, 3.05) is 13.1 Å². The van der Waals surface area contributed by atoms with Crippen LogP contribution in [0.5, 0.6) is 11.5 Å². The fraction of sp³-hybridized carbons (Fsp3) is 0.316. The van der Waals surface area contributed by atoms with Crippen molar-refractivity contribution in [1.82, 2.24) is 4.90 Å². The Labute approximate surface area is 151 Å². The number of hydrogen-bond acceptors (Lipinski definition) is 4. The summed E-state index contributed by atoms with van der Waals surface area (Å²) in [5.41, 5.74) is 1.12. The number of aromatic hydroxyl groups is 1. The van der Waals surface area contributed by atoms with E-state index < -0.39 is 12.2 Å². The van der Waals surface area contributed by atoms with Crippen LogP contribution < -0.4 is 4.74 Å². The average Bonchev–Trinajstić information content (AvgIpc) is 2.58. The number of rotatable bonds is 3. The van der Waals surface area contributed by atoms with Crippen molar-refractivity contribution >= 4 is 17.5 Å². The van der Waals surface area contributed by atoms with Crippen LogP contribution in [0.3, 0.4) is 0 Å². The zero-order valence-electron chi connectivity index (χ0n) is 13.9. The molecule has 1 saturated heterocycles. The molecule has 6 heteroatoms. The summed E-state index contributed by atoms with van der Waals surface area (Å²) < 4.78 is 5.80. The Morgan fingerprint density at radius 1 is 1.24 bits per heavy atom. The van der Waals surface area contributed by atoms with E-state index >= 15 is 0 Å². The van der Waals surface area contributed by atoms with E-state index in [4.69, 9.17) is 16.3 Å². The molecule has 0 radical (unpaired) electrons. The number of likely N-dealkylation sites (tertiary alicyclic amines) is 1. The van der Waals surface area contributed by atoms with Gasteiger partial charge in [-0.1, -0.05) is 17.7 Å². The van der Waals surface area contributed by atoms with Crippen molar-refractivity contribution in [2.24, 2.45) is 0 Å². The molecule has 132 valence electrons. The molecule has 0 unspecified atom stereocenters. The van der Waals surface area contributed by atoms with E-state index in [1.165, 1.54) is 4.90 Å². The molecule has 1 fully saturated rings. The summed E-state index contributed by atoms with van der Waals surface area (Å²) in [6.45, 7) is 2.45. The van der Waals surface area contributed by atoms with Crippen LogP contribution in [0.4, 0.5) is 0 Å². The molecular weight excluding hydrogens is 342 g/mol. The van der Waals surface area contributed by atoms with E-state index in [0.29, 0.717) is 23.7 Å². The van der Waals surface area contributed by atoms with E-state index in [-0.39, 0.29) is 23.8 Å². The first-order chi connectivity index (χ1) is 11.9. The van der Waals surface area contributed by atoms with Crippen LogP contribution >= 0.6 is 11.6 Å². The van der Waals surface area contributed by atoms with Gasteiger partial charge in [0, 0.05) is 18.0 Å². The van der Waals surface area contributed by atoms with Crippen LogP contribution in [0.2, 0.25) is 5.02 Å². The number of carbonyl (C=O) groups excluding carboxylic acids is 1. The summed E-state index contributed by atoms with van der Waals surface area (Å²) in [7, 11) is 0. The molecule has 0 aromatic heterocycles. The van der Waals surface area contributed by atoms with Crippen LogP contribution in [-0.4, -0.2) is 46.3 Å². The van der Waals surface area contributed by atoms with Crippen LogP contribution in [0.1, 0.15) is 22.3 Å². The number of hydrogen-bond donors (Lipinski definition) is 2. The Morgan fingerprint density at radius 3 is 2.60 bits per heavy atom. The predicted molar refractivity (Wildman–Crippen MR) is 95.2 cm³/mol. The van der Waals surface area contributed by atoms with Gasteiger partial charge in [-0.25, -0.2) is 0 Å². The van der Waals surface area contributed by atoms with Crippen molar-refractivity contribution in [3.63, 3.8) is 0 Å². The largest absolute Gasteiger partial charge is 0.507 e. The summed E-state index contributed by atoms with van der Waals surface area (Å²) in [4.78, 5) is 14.1. The molecular formula is C19H20ClNO4. The van der Waals surface area contributed by atoms with Gasteiger partial charge in [-0.2, -0.15) is 0 Å². The topological polar surface area (TPSA) is 70.0 Å². The molecule has 3 rings (SSSR count). The van der Waals surface area contributed by atoms with Gasteiger partial charge >= 0.3 is 0 Å². The van der Waals surface area contributed by atoms with Gasteiger partial charge in [0.2, 0.25) is 0 Å². The number of piperidine rings is 1. The summed E-state index contributed by atoms with van der Waals surface area (Å²) >= 11 is 5.85. The Hall–Kier alpha value is -2.24. The first-order valence-corrected chi connectivity index (χ1v) is 8.51. The summed E-state index contributed by atoms with van der Waals surface area (Å²) in [6, 6.07) is 11.9. The van der Waals surface area contributed by atoms with E-state index in [1.54, 1.807) is 42.5 Å². The highest BCUT2D eigenvalue weighted by atomic mass is 35.5. The highest BCUT2D eigenvalue weighted by Crippen LogP contribution is 2.25. The van der Waals surface area contributed by atoms with E-state index in [0.717, 1.165) is 5.56 Å². The smallest absolute Gasteiger partial charge is 0.257 e. The minimum Gasteiger partial charge on any atom is -0.507 e. The third-order valence-electron chi connectivity index (χ3n) is 4.29. The summed E-state index contributed by atoms with van der Waals surface area (Å²) in [5.74, 6) is 0.296. The lowest BCUT2D eigenvalue weighted by molar-refractivity contribution is -0.0199. The molecule has 0 saturated carbocycles. The molecule has 1 heterocycles. The van der Waals surface area contributed by atoms with Gasteiger partial charge in [-0.3, -0.25) is 4.79 Å². The highest BCUT2D eigenvalue weighted by Gasteiger charge is 2.32. The lowest BCUT2D eigenvalue weighted by atomic mass is 10.0. The van der Waals surface area contributed by atoms with Crippen molar-refractivity contribution in [2.45, 2.75) is 25.6 Å². The maximum Gasteiger partial charge on any atom is 0.257 e. The molecule has 1 aliphatic heterocycles. The number of aliphatic hydroxyl groups is 1. The SMILES string of the molecule is Cc1ccc(C(=O)N2CC[C@@H](Oc3ccc(Cl)cc3)[C@H](O)C2)c(O)c1. The third-order valence-corrected chi connectivity index (χ3v) is 4.54. The fourth-order valence-corrected chi connectivity index (χ4v) is 3.04. The monoisotopic (exact) mass is 361 g/mol. The Kier molecular flexibility index (Phi) is 5.16. The van der Waals surface area contributed by atoms with Crippen molar-refractivity contribution in [3.8, 4) is 11.5 Å². The molecule has 5 nitrogen and oxygen atoms in total. The minimum atomic E-state index is -0.805. The number of halogens is 1.